The van der Waals surface area contributed by atoms with E-state index in [0.717, 1.165) is 33.1 Å². The highest BCUT2D eigenvalue weighted by molar-refractivity contribution is 6.12. The zero-order chi connectivity index (χ0) is 15.1. The molecule has 0 atom stereocenters. The van der Waals surface area contributed by atoms with Crippen molar-refractivity contribution < 1.29 is 9.53 Å². The van der Waals surface area contributed by atoms with E-state index < -0.39 is 0 Å². The van der Waals surface area contributed by atoms with Crippen molar-refractivity contribution in [1.29, 1.82) is 0 Å². The number of nitrogens with one attached hydrogen (secondary N) is 2. The molecule has 0 radical (unpaired) electrons. The van der Waals surface area contributed by atoms with Gasteiger partial charge in [-0.1, -0.05) is 18.2 Å². The molecule has 0 fully saturated rings. The number of rotatable bonds is 2. The maximum absolute atomic E-state index is 12.2. The number of benzene rings is 1. The number of carbonyl (C=O) groups is 1. The van der Waals surface area contributed by atoms with Crippen molar-refractivity contribution in [2.45, 2.75) is 0 Å². The van der Waals surface area contributed by atoms with Crippen molar-refractivity contribution in [3.05, 3.63) is 54.5 Å². The SMILES string of the molecule is COC(=O)c1[nH]c2ccccc2c1-c1ccnc2[nH]ccc12. The number of nitrogens with zero attached hydrogens (tertiary/aromatic N) is 1. The van der Waals surface area contributed by atoms with Gasteiger partial charge >= 0.3 is 5.97 Å². The second-order valence-electron chi connectivity index (χ2n) is 5.01. The summed E-state index contributed by atoms with van der Waals surface area (Å²) in [7, 11) is 1.38. The van der Waals surface area contributed by atoms with Crippen molar-refractivity contribution in [3.8, 4) is 11.1 Å². The molecule has 0 aliphatic rings. The summed E-state index contributed by atoms with van der Waals surface area (Å²) in [5.74, 6) is -0.383. The number of aromatic amines is 2. The van der Waals surface area contributed by atoms with E-state index in [1.165, 1.54) is 7.11 Å². The lowest BCUT2D eigenvalue weighted by molar-refractivity contribution is 0.0596. The van der Waals surface area contributed by atoms with Crippen molar-refractivity contribution in [3.63, 3.8) is 0 Å². The second kappa shape index (κ2) is 4.73. The summed E-state index contributed by atoms with van der Waals surface area (Å²) in [6, 6.07) is 11.7. The molecule has 0 unspecified atom stereocenters. The molecular formula is C17H13N3O2. The van der Waals surface area contributed by atoms with Crippen LogP contribution in [0.4, 0.5) is 0 Å². The highest BCUT2D eigenvalue weighted by atomic mass is 16.5. The Balaban J connectivity index is 2.13. The predicted molar refractivity (Wildman–Crippen MR) is 84.7 cm³/mol. The van der Waals surface area contributed by atoms with Crippen molar-refractivity contribution >= 4 is 27.9 Å². The Hall–Kier alpha value is -3.08. The summed E-state index contributed by atoms with van der Waals surface area (Å²) < 4.78 is 4.93. The van der Waals surface area contributed by atoms with E-state index in [-0.39, 0.29) is 5.97 Å². The van der Waals surface area contributed by atoms with Gasteiger partial charge in [-0.25, -0.2) is 9.78 Å². The molecular weight excluding hydrogens is 278 g/mol. The predicted octanol–water partition coefficient (Wildman–Crippen LogP) is 3.50. The fourth-order valence-electron chi connectivity index (χ4n) is 2.86. The van der Waals surface area contributed by atoms with Crippen LogP contribution in [-0.4, -0.2) is 28.0 Å². The topological polar surface area (TPSA) is 70.8 Å². The molecule has 0 saturated carbocycles. The second-order valence-corrected chi connectivity index (χ2v) is 5.01. The standard InChI is InChI=1S/C17H13N3O2/c1-22-17(21)15-14(12-4-2-3-5-13(12)20-15)10-6-8-18-16-11(10)7-9-19-16/h2-9,20H,1H3,(H,18,19). The zero-order valence-corrected chi connectivity index (χ0v) is 11.9. The summed E-state index contributed by atoms with van der Waals surface area (Å²) in [6.07, 6.45) is 3.57. The molecule has 2 N–H and O–H groups in total. The third-order valence-corrected chi connectivity index (χ3v) is 3.83. The molecule has 4 rings (SSSR count). The van der Waals surface area contributed by atoms with Gasteiger partial charge in [0.1, 0.15) is 11.3 Å². The summed E-state index contributed by atoms with van der Waals surface area (Å²) in [4.78, 5) is 22.7. The first-order valence-electron chi connectivity index (χ1n) is 6.91. The van der Waals surface area contributed by atoms with Crippen LogP contribution in [-0.2, 0) is 4.74 Å². The van der Waals surface area contributed by atoms with Crippen LogP contribution in [0.25, 0.3) is 33.1 Å². The third kappa shape index (κ3) is 1.72. The van der Waals surface area contributed by atoms with Gasteiger partial charge in [0.2, 0.25) is 0 Å². The molecule has 0 saturated heterocycles. The van der Waals surface area contributed by atoms with Crippen LogP contribution < -0.4 is 0 Å². The van der Waals surface area contributed by atoms with Gasteiger partial charge in [0, 0.05) is 34.2 Å². The molecule has 108 valence electrons. The quantitative estimate of drug-likeness (QED) is 0.555. The van der Waals surface area contributed by atoms with Crippen molar-refractivity contribution in [2.24, 2.45) is 0 Å². The first-order valence-corrected chi connectivity index (χ1v) is 6.91. The first kappa shape index (κ1) is 12.6. The minimum Gasteiger partial charge on any atom is -0.464 e. The van der Waals surface area contributed by atoms with Gasteiger partial charge in [0.15, 0.2) is 0 Å². The van der Waals surface area contributed by atoms with E-state index in [0.29, 0.717) is 5.69 Å². The van der Waals surface area contributed by atoms with E-state index in [1.54, 1.807) is 6.20 Å². The summed E-state index contributed by atoms with van der Waals surface area (Å²) in [6.45, 7) is 0. The van der Waals surface area contributed by atoms with E-state index in [4.69, 9.17) is 4.74 Å². The Morgan fingerprint density at radius 3 is 2.86 bits per heavy atom. The molecule has 1 aromatic carbocycles. The fraction of sp³-hybridized carbons (Fsp3) is 0.0588. The van der Waals surface area contributed by atoms with Crippen LogP contribution >= 0.6 is 0 Å². The van der Waals surface area contributed by atoms with Gasteiger partial charge in [-0.2, -0.15) is 0 Å². The Morgan fingerprint density at radius 2 is 2.00 bits per heavy atom. The lowest BCUT2D eigenvalue weighted by atomic mass is 10.00. The maximum Gasteiger partial charge on any atom is 0.355 e. The fourth-order valence-corrected chi connectivity index (χ4v) is 2.86. The lowest BCUT2D eigenvalue weighted by Crippen LogP contribution is -2.03. The number of carbonyl (C=O) groups excluding carboxylic acids is 1. The smallest absolute Gasteiger partial charge is 0.355 e. The molecule has 0 amide bonds. The van der Waals surface area contributed by atoms with Gasteiger partial charge < -0.3 is 14.7 Å². The third-order valence-electron chi connectivity index (χ3n) is 3.83. The van der Waals surface area contributed by atoms with Gasteiger partial charge in [-0.15, -0.1) is 0 Å². The summed E-state index contributed by atoms with van der Waals surface area (Å²) in [5.41, 5.74) is 3.94. The Kier molecular flexibility index (Phi) is 2.72. The number of hydrogen-bond donors (Lipinski definition) is 2. The molecule has 3 aromatic heterocycles. The minimum atomic E-state index is -0.383. The van der Waals surface area contributed by atoms with E-state index >= 15 is 0 Å². The van der Waals surface area contributed by atoms with Crippen LogP contribution in [0.2, 0.25) is 0 Å². The largest absolute Gasteiger partial charge is 0.464 e. The van der Waals surface area contributed by atoms with Crippen molar-refractivity contribution in [2.75, 3.05) is 7.11 Å². The number of para-hydroxylation sites is 1. The number of H-pyrrole nitrogens is 2. The van der Waals surface area contributed by atoms with E-state index in [9.17, 15) is 4.79 Å². The molecule has 22 heavy (non-hydrogen) atoms. The van der Waals surface area contributed by atoms with Crippen LogP contribution in [0.5, 0.6) is 0 Å². The lowest BCUT2D eigenvalue weighted by Gasteiger charge is -2.05. The first-order chi connectivity index (χ1) is 10.8. The molecule has 0 bridgehead atoms. The average Bonchev–Trinajstić information content (AvgIpc) is 3.18. The Morgan fingerprint density at radius 1 is 1.14 bits per heavy atom. The number of ether oxygens (including phenoxy) is 1. The monoisotopic (exact) mass is 291 g/mol. The van der Waals surface area contributed by atoms with Gasteiger partial charge in [0.05, 0.1) is 7.11 Å². The van der Waals surface area contributed by atoms with Crippen molar-refractivity contribution in [1.82, 2.24) is 15.0 Å². The molecule has 5 nitrogen and oxygen atoms in total. The van der Waals surface area contributed by atoms with Crippen LogP contribution in [0.1, 0.15) is 10.5 Å². The molecule has 0 spiro atoms. The number of esters is 1. The minimum absolute atomic E-state index is 0.383. The number of fused-ring (bicyclic) bond motifs is 2. The zero-order valence-electron chi connectivity index (χ0n) is 11.9. The van der Waals surface area contributed by atoms with Gasteiger partial charge in [-0.05, 0) is 23.8 Å². The Bertz CT molecular complexity index is 997. The number of hydrogen-bond acceptors (Lipinski definition) is 3. The molecule has 0 aliphatic heterocycles. The average molecular weight is 291 g/mol. The number of aromatic nitrogens is 3. The number of methoxy groups -OCH3 is 1. The van der Waals surface area contributed by atoms with E-state index in [1.807, 2.05) is 42.6 Å². The number of pyridine rings is 1. The highest BCUT2D eigenvalue weighted by Gasteiger charge is 2.21. The van der Waals surface area contributed by atoms with Crippen LogP contribution in [0.15, 0.2) is 48.8 Å². The summed E-state index contributed by atoms with van der Waals surface area (Å²) >= 11 is 0. The summed E-state index contributed by atoms with van der Waals surface area (Å²) in [5, 5.41) is 1.95. The van der Waals surface area contributed by atoms with Gasteiger partial charge in [-0.3, -0.25) is 0 Å². The maximum atomic E-state index is 12.2. The molecule has 3 heterocycles. The molecule has 4 aromatic rings. The molecule has 5 heteroatoms. The van der Waals surface area contributed by atoms with E-state index in [2.05, 4.69) is 15.0 Å². The molecule has 0 aliphatic carbocycles. The normalized spacial score (nSPS) is 11.1. The van der Waals surface area contributed by atoms with Crippen LogP contribution in [0.3, 0.4) is 0 Å². The highest BCUT2D eigenvalue weighted by Crippen LogP contribution is 2.36. The van der Waals surface area contributed by atoms with Gasteiger partial charge in [0.25, 0.3) is 0 Å². The Labute approximate surface area is 125 Å². The van der Waals surface area contributed by atoms with Crippen LogP contribution in [0, 0.1) is 0 Å².